The first kappa shape index (κ1) is 25.6. The zero-order valence-electron chi connectivity index (χ0n) is 24.7. The molecule has 0 fully saturated rings. The summed E-state index contributed by atoms with van der Waals surface area (Å²) in [4.78, 5) is 2.42. The Kier molecular flexibility index (Phi) is 5.89. The van der Waals surface area contributed by atoms with E-state index in [0.29, 0.717) is 0 Å². The Morgan fingerprint density at radius 3 is 1.60 bits per heavy atom. The van der Waals surface area contributed by atoms with Gasteiger partial charge >= 0.3 is 0 Å². The van der Waals surface area contributed by atoms with Crippen molar-refractivity contribution in [3.05, 3.63) is 176 Å². The van der Waals surface area contributed by atoms with E-state index in [-0.39, 0.29) is 0 Å². The van der Waals surface area contributed by atoms with Gasteiger partial charge < -0.3 is 4.90 Å². The second-order valence-electron chi connectivity index (χ2n) is 11.8. The third-order valence-corrected chi connectivity index (χ3v) is 9.15. The van der Waals surface area contributed by atoms with Crippen LogP contribution < -0.4 is 4.90 Å². The van der Waals surface area contributed by atoms with Gasteiger partial charge in [-0.05, 0) is 102 Å². The van der Waals surface area contributed by atoms with Crippen molar-refractivity contribution in [2.75, 3.05) is 4.90 Å². The number of anilines is 3. The predicted molar refractivity (Wildman–Crippen MR) is 194 cm³/mol. The van der Waals surface area contributed by atoms with Crippen molar-refractivity contribution in [3.63, 3.8) is 0 Å². The number of nitrogens with zero attached hydrogens (tertiary/aromatic N) is 1. The highest BCUT2D eigenvalue weighted by Crippen LogP contribution is 2.46. The molecule has 1 heteroatoms. The lowest BCUT2D eigenvalue weighted by molar-refractivity contribution is 1.31. The summed E-state index contributed by atoms with van der Waals surface area (Å²) in [5.74, 6) is 0. The normalized spacial score (nSPS) is 11.6. The van der Waals surface area contributed by atoms with Crippen molar-refractivity contribution in [2.45, 2.75) is 0 Å². The molecule has 0 aliphatic carbocycles. The van der Waals surface area contributed by atoms with Crippen LogP contribution in [0.1, 0.15) is 0 Å². The number of para-hydroxylation sites is 1. The maximum absolute atomic E-state index is 2.42. The Labute approximate surface area is 262 Å². The molecular weight excluding hydrogens is 542 g/mol. The molecule has 0 radical (unpaired) electrons. The molecule has 0 atom stereocenters. The molecule has 9 aromatic rings. The molecule has 1 nitrogen and oxygen atoms in total. The molecule has 9 rings (SSSR count). The molecule has 9 aromatic carbocycles. The van der Waals surface area contributed by atoms with Crippen LogP contribution in [0.3, 0.4) is 0 Å². The maximum Gasteiger partial charge on any atom is 0.0546 e. The van der Waals surface area contributed by atoms with Crippen molar-refractivity contribution in [1.29, 1.82) is 0 Å². The molecule has 0 aromatic heterocycles. The van der Waals surface area contributed by atoms with E-state index >= 15 is 0 Å². The van der Waals surface area contributed by atoms with Gasteiger partial charge in [0.25, 0.3) is 0 Å². The molecular formula is C44H29N. The first-order valence-electron chi connectivity index (χ1n) is 15.5. The van der Waals surface area contributed by atoms with Crippen LogP contribution in [-0.4, -0.2) is 0 Å². The summed E-state index contributed by atoms with van der Waals surface area (Å²) in [6, 6.07) is 64.1. The van der Waals surface area contributed by atoms with E-state index in [2.05, 4.69) is 181 Å². The third-order valence-electron chi connectivity index (χ3n) is 9.15. The summed E-state index contributed by atoms with van der Waals surface area (Å²) in [6.45, 7) is 0. The van der Waals surface area contributed by atoms with Gasteiger partial charge in [0, 0.05) is 16.8 Å². The fourth-order valence-corrected chi connectivity index (χ4v) is 7.06. The fourth-order valence-electron chi connectivity index (χ4n) is 7.06. The van der Waals surface area contributed by atoms with Crippen LogP contribution in [0.5, 0.6) is 0 Å². The molecule has 0 heterocycles. The van der Waals surface area contributed by atoms with E-state index in [4.69, 9.17) is 0 Å². The van der Waals surface area contributed by atoms with Gasteiger partial charge in [0.2, 0.25) is 0 Å². The lowest BCUT2D eigenvalue weighted by Crippen LogP contribution is -2.10. The first-order chi connectivity index (χ1) is 22.3. The van der Waals surface area contributed by atoms with Crippen LogP contribution in [-0.2, 0) is 0 Å². The van der Waals surface area contributed by atoms with Gasteiger partial charge in [-0.2, -0.15) is 0 Å². The molecule has 45 heavy (non-hydrogen) atoms. The second kappa shape index (κ2) is 10.4. The van der Waals surface area contributed by atoms with E-state index in [1.165, 1.54) is 70.7 Å². The van der Waals surface area contributed by atoms with Crippen LogP contribution in [0.4, 0.5) is 17.1 Å². The summed E-state index contributed by atoms with van der Waals surface area (Å²) in [5, 5.41) is 12.5. The highest BCUT2D eigenvalue weighted by molar-refractivity contribution is 6.26. The standard InChI is InChI=1S/C44H29N/c1-2-16-36(17-3-1)45(37-25-24-31-13-5-7-15-33(31)27-37)43-29-35-28-42(34-23-22-30-12-4-6-14-32(30)26-34)38-18-8-10-20-40(38)44(35)41-21-11-9-19-39(41)43/h1-29H. The summed E-state index contributed by atoms with van der Waals surface area (Å²) in [7, 11) is 0. The lowest BCUT2D eigenvalue weighted by Gasteiger charge is -2.28. The molecule has 0 spiro atoms. The summed E-state index contributed by atoms with van der Waals surface area (Å²) < 4.78 is 0. The number of benzene rings is 9. The van der Waals surface area contributed by atoms with Crippen molar-refractivity contribution in [3.8, 4) is 11.1 Å². The highest BCUT2D eigenvalue weighted by atomic mass is 15.1. The van der Waals surface area contributed by atoms with Crippen molar-refractivity contribution < 1.29 is 0 Å². The number of hydrogen-bond acceptors (Lipinski definition) is 1. The van der Waals surface area contributed by atoms with Crippen LogP contribution >= 0.6 is 0 Å². The van der Waals surface area contributed by atoms with Crippen LogP contribution in [0.15, 0.2) is 176 Å². The van der Waals surface area contributed by atoms with E-state index in [0.717, 1.165) is 11.4 Å². The SMILES string of the molecule is c1ccc(N(c2ccc3ccccc3c2)c2cc3cc(-c4ccc5ccccc5c4)c4ccccc4c3c3ccccc23)cc1. The van der Waals surface area contributed by atoms with E-state index in [9.17, 15) is 0 Å². The zero-order chi connectivity index (χ0) is 29.7. The van der Waals surface area contributed by atoms with Gasteiger partial charge in [0.1, 0.15) is 0 Å². The summed E-state index contributed by atoms with van der Waals surface area (Å²) in [6.07, 6.45) is 0. The monoisotopic (exact) mass is 571 g/mol. The summed E-state index contributed by atoms with van der Waals surface area (Å²) >= 11 is 0. The van der Waals surface area contributed by atoms with Crippen molar-refractivity contribution >= 4 is 70.9 Å². The fraction of sp³-hybridized carbons (Fsp3) is 0. The Hall–Kier alpha value is -5.92. The molecule has 0 bridgehead atoms. The third kappa shape index (κ3) is 4.24. The molecule has 210 valence electrons. The van der Waals surface area contributed by atoms with Crippen LogP contribution in [0.25, 0.3) is 65.0 Å². The summed E-state index contributed by atoms with van der Waals surface area (Å²) in [5.41, 5.74) is 5.92. The van der Waals surface area contributed by atoms with Crippen molar-refractivity contribution in [1.82, 2.24) is 0 Å². The molecule has 0 aliphatic heterocycles. The molecule has 0 unspecified atom stereocenters. The van der Waals surface area contributed by atoms with E-state index in [1.807, 2.05) is 0 Å². The Bertz CT molecular complexity index is 2550. The van der Waals surface area contributed by atoms with Crippen LogP contribution in [0, 0.1) is 0 Å². The molecule has 0 aliphatic rings. The Morgan fingerprint density at radius 2 is 0.867 bits per heavy atom. The average molecular weight is 572 g/mol. The largest absolute Gasteiger partial charge is 0.310 e. The smallest absolute Gasteiger partial charge is 0.0546 e. The van der Waals surface area contributed by atoms with E-state index in [1.54, 1.807) is 0 Å². The number of hydrogen-bond donors (Lipinski definition) is 0. The minimum atomic E-state index is 1.13. The van der Waals surface area contributed by atoms with Gasteiger partial charge in [0.05, 0.1) is 5.69 Å². The molecule has 0 amide bonds. The van der Waals surface area contributed by atoms with Gasteiger partial charge in [0.15, 0.2) is 0 Å². The second-order valence-corrected chi connectivity index (χ2v) is 11.8. The van der Waals surface area contributed by atoms with Crippen LogP contribution in [0.2, 0.25) is 0 Å². The van der Waals surface area contributed by atoms with Crippen molar-refractivity contribution in [2.24, 2.45) is 0 Å². The Morgan fingerprint density at radius 1 is 0.311 bits per heavy atom. The molecule has 0 N–H and O–H groups in total. The topological polar surface area (TPSA) is 3.24 Å². The minimum Gasteiger partial charge on any atom is -0.310 e. The molecule has 0 saturated carbocycles. The van der Waals surface area contributed by atoms with E-state index < -0.39 is 0 Å². The first-order valence-corrected chi connectivity index (χ1v) is 15.5. The maximum atomic E-state index is 2.42. The van der Waals surface area contributed by atoms with Gasteiger partial charge in [-0.1, -0.05) is 133 Å². The molecule has 0 saturated heterocycles. The van der Waals surface area contributed by atoms with Gasteiger partial charge in [-0.15, -0.1) is 0 Å². The average Bonchev–Trinajstić information content (AvgIpc) is 3.11. The zero-order valence-corrected chi connectivity index (χ0v) is 24.7. The quantitative estimate of drug-likeness (QED) is 0.190. The van der Waals surface area contributed by atoms with Gasteiger partial charge in [-0.25, -0.2) is 0 Å². The predicted octanol–water partition coefficient (Wildman–Crippen LogP) is 12.6. The number of fused-ring (bicyclic) bond motifs is 7. The lowest BCUT2D eigenvalue weighted by atomic mass is 9.89. The minimum absolute atomic E-state index is 1.13. The highest BCUT2D eigenvalue weighted by Gasteiger charge is 2.19. The van der Waals surface area contributed by atoms with Gasteiger partial charge in [-0.3, -0.25) is 0 Å². The number of rotatable bonds is 4. The Balaban J connectivity index is 1.37.